The van der Waals surface area contributed by atoms with Gasteiger partial charge in [0.1, 0.15) is 5.75 Å². The number of carbonyl (C=O) groups is 2. The fraction of sp³-hybridized carbons (Fsp3) is 0.364. The van der Waals surface area contributed by atoms with E-state index in [0.29, 0.717) is 39.1 Å². The van der Waals surface area contributed by atoms with Crippen molar-refractivity contribution < 1.29 is 14.3 Å². The molecule has 3 rings (SSSR count). The number of aryl methyl sites for hydroxylation is 1. The van der Waals surface area contributed by atoms with Gasteiger partial charge in [-0.1, -0.05) is 28.1 Å². The van der Waals surface area contributed by atoms with Crippen LogP contribution in [0, 0.1) is 6.92 Å². The van der Waals surface area contributed by atoms with Gasteiger partial charge in [0.05, 0.1) is 20.1 Å². The molecule has 1 aliphatic rings. The van der Waals surface area contributed by atoms with Crippen molar-refractivity contribution >= 4 is 33.4 Å². The molecule has 2 aromatic carbocycles. The number of benzene rings is 2. The van der Waals surface area contributed by atoms with E-state index in [1.807, 2.05) is 54.3 Å². The van der Waals surface area contributed by atoms with Crippen molar-refractivity contribution in [2.24, 2.45) is 0 Å². The Hall–Kier alpha value is -2.38. The number of hydrogen-bond acceptors (Lipinski definition) is 4. The number of nitrogens with one attached hydrogen (secondary N) is 1. The minimum absolute atomic E-state index is 0.0356. The summed E-state index contributed by atoms with van der Waals surface area (Å²) in [5.41, 5.74) is 2.78. The molecule has 0 spiro atoms. The standard InChI is InChI=1S/C22H26BrN3O3/c1-16-12-18(23)6-7-20(16)24-21(27)15-25-8-10-26(11-9-25)22(28)14-17-4-3-5-19(13-17)29-2/h3-7,12-13H,8-11,14-15H2,1-2H3,(H,24,27). The maximum absolute atomic E-state index is 12.6. The van der Waals surface area contributed by atoms with Crippen LogP contribution >= 0.6 is 15.9 Å². The van der Waals surface area contributed by atoms with Gasteiger partial charge >= 0.3 is 0 Å². The van der Waals surface area contributed by atoms with E-state index in [0.717, 1.165) is 27.0 Å². The first-order valence-corrected chi connectivity index (χ1v) is 10.4. The summed E-state index contributed by atoms with van der Waals surface area (Å²) in [6.07, 6.45) is 0.362. The molecule has 0 radical (unpaired) electrons. The quantitative estimate of drug-likeness (QED) is 0.720. The molecule has 2 aromatic rings. The van der Waals surface area contributed by atoms with Gasteiger partial charge in [0.2, 0.25) is 11.8 Å². The average Bonchev–Trinajstić information content (AvgIpc) is 2.71. The summed E-state index contributed by atoms with van der Waals surface area (Å²) in [5, 5.41) is 2.97. The average molecular weight is 460 g/mol. The molecule has 0 bridgehead atoms. The first kappa shape index (κ1) is 21.3. The third kappa shape index (κ3) is 6.05. The second-order valence-electron chi connectivity index (χ2n) is 7.19. The zero-order valence-corrected chi connectivity index (χ0v) is 18.4. The van der Waals surface area contributed by atoms with Crippen LogP contribution in [0.4, 0.5) is 5.69 Å². The first-order chi connectivity index (χ1) is 13.9. The topological polar surface area (TPSA) is 61.9 Å². The number of anilines is 1. The monoisotopic (exact) mass is 459 g/mol. The Morgan fingerprint density at radius 1 is 1.10 bits per heavy atom. The molecular weight excluding hydrogens is 434 g/mol. The second-order valence-corrected chi connectivity index (χ2v) is 8.11. The van der Waals surface area contributed by atoms with Crippen molar-refractivity contribution in [2.45, 2.75) is 13.3 Å². The van der Waals surface area contributed by atoms with E-state index in [1.165, 1.54) is 0 Å². The Bertz CT molecular complexity index is 879. The number of nitrogens with zero attached hydrogens (tertiary/aromatic N) is 2. The largest absolute Gasteiger partial charge is 0.497 e. The smallest absolute Gasteiger partial charge is 0.238 e. The molecule has 1 fully saturated rings. The van der Waals surface area contributed by atoms with E-state index >= 15 is 0 Å². The maximum atomic E-state index is 12.6. The lowest BCUT2D eigenvalue weighted by Crippen LogP contribution is -2.50. The molecule has 1 N–H and O–H groups in total. The van der Waals surface area contributed by atoms with Crippen LogP contribution in [-0.2, 0) is 16.0 Å². The highest BCUT2D eigenvalue weighted by Gasteiger charge is 2.22. The Kier molecular flexibility index (Phi) is 7.28. The number of ether oxygens (including phenoxy) is 1. The van der Waals surface area contributed by atoms with Gasteiger partial charge in [-0.15, -0.1) is 0 Å². The summed E-state index contributed by atoms with van der Waals surface area (Å²) >= 11 is 3.43. The fourth-order valence-electron chi connectivity index (χ4n) is 3.38. The molecule has 154 valence electrons. The van der Waals surface area contributed by atoms with Crippen molar-refractivity contribution in [3.05, 3.63) is 58.1 Å². The van der Waals surface area contributed by atoms with E-state index in [4.69, 9.17) is 4.74 Å². The minimum Gasteiger partial charge on any atom is -0.497 e. The Balaban J connectivity index is 1.46. The summed E-state index contributed by atoms with van der Waals surface area (Å²) in [6.45, 7) is 4.94. The van der Waals surface area contributed by atoms with Crippen LogP contribution in [0.3, 0.4) is 0 Å². The molecule has 1 aliphatic heterocycles. The number of hydrogen-bond donors (Lipinski definition) is 1. The molecule has 7 heteroatoms. The molecule has 0 aliphatic carbocycles. The molecule has 2 amide bonds. The second kappa shape index (κ2) is 9.89. The molecule has 0 saturated carbocycles. The van der Waals surface area contributed by atoms with Crippen LogP contribution in [0.1, 0.15) is 11.1 Å². The highest BCUT2D eigenvalue weighted by Crippen LogP contribution is 2.20. The number of carbonyl (C=O) groups excluding carboxylic acids is 2. The Labute approximate surface area is 180 Å². The number of methoxy groups -OCH3 is 1. The van der Waals surface area contributed by atoms with Gasteiger partial charge in [-0.25, -0.2) is 0 Å². The van der Waals surface area contributed by atoms with Gasteiger partial charge in [-0.05, 0) is 48.4 Å². The third-order valence-electron chi connectivity index (χ3n) is 5.04. The number of rotatable bonds is 6. The third-order valence-corrected chi connectivity index (χ3v) is 5.54. The highest BCUT2D eigenvalue weighted by molar-refractivity contribution is 9.10. The van der Waals surface area contributed by atoms with Crippen molar-refractivity contribution in [2.75, 3.05) is 45.2 Å². The molecule has 1 heterocycles. The summed E-state index contributed by atoms with van der Waals surface area (Å²) in [5.74, 6) is 0.826. The summed E-state index contributed by atoms with van der Waals surface area (Å²) < 4.78 is 6.21. The zero-order valence-electron chi connectivity index (χ0n) is 16.8. The summed E-state index contributed by atoms with van der Waals surface area (Å²) in [4.78, 5) is 28.9. The highest BCUT2D eigenvalue weighted by atomic mass is 79.9. The summed E-state index contributed by atoms with van der Waals surface area (Å²) in [7, 11) is 1.62. The van der Waals surface area contributed by atoms with Gasteiger partial charge in [-0.3, -0.25) is 14.5 Å². The van der Waals surface area contributed by atoms with Crippen LogP contribution in [0.5, 0.6) is 5.75 Å². The lowest BCUT2D eigenvalue weighted by Gasteiger charge is -2.34. The van der Waals surface area contributed by atoms with E-state index in [-0.39, 0.29) is 11.8 Å². The Morgan fingerprint density at radius 2 is 1.86 bits per heavy atom. The normalized spacial score (nSPS) is 14.5. The van der Waals surface area contributed by atoms with Crippen LogP contribution in [0.25, 0.3) is 0 Å². The molecular formula is C22H26BrN3O3. The fourth-order valence-corrected chi connectivity index (χ4v) is 3.86. The maximum Gasteiger partial charge on any atom is 0.238 e. The van der Waals surface area contributed by atoms with E-state index in [2.05, 4.69) is 26.1 Å². The van der Waals surface area contributed by atoms with Crippen molar-refractivity contribution in [3.8, 4) is 5.75 Å². The lowest BCUT2D eigenvalue weighted by molar-refractivity contribution is -0.132. The minimum atomic E-state index is -0.0356. The molecule has 6 nitrogen and oxygen atoms in total. The van der Waals surface area contributed by atoms with Crippen LogP contribution in [0.2, 0.25) is 0 Å². The van der Waals surface area contributed by atoms with E-state index in [1.54, 1.807) is 7.11 Å². The Morgan fingerprint density at radius 3 is 2.55 bits per heavy atom. The zero-order chi connectivity index (χ0) is 20.8. The van der Waals surface area contributed by atoms with Crippen LogP contribution < -0.4 is 10.1 Å². The van der Waals surface area contributed by atoms with Crippen molar-refractivity contribution in [1.29, 1.82) is 0 Å². The SMILES string of the molecule is COc1cccc(CC(=O)N2CCN(CC(=O)Nc3ccc(Br)cc3C)CC2)c1. The number of amides is 2. The van der Waals surface area contributed by atoms with Crippen molar-refractivity contribution in [1.82, 2.24) is 9.80 Å². The van der Waals surface area contributed by atoms with Gasteiger partial charge in [0.15, 0.2) is 0 Å². The molecule has 0 aromatic heterocycles. The first-order valence-electron chi connectivity index (χ1n) is 9.63. The van der Waals surface area contributed by atoms with Gasteiger partial charge in [0.25, 0.3) is 0 Å². The lowest BCUT2D eigenvalue weighted by atomic mass is 10.1. The molecule has 0 unspecified atom stereocenters. The summed E-state index contributed by atoms with van der Waals surface area (Å²) in [6, 6.07) is 13.4. The van der Waals surface area contributed by atoms with E-state index < -0.39 is 0 Å². The molecule has 0 atom stereocenters. The predicted molar refractivity (Wildman–Crippen MR) is 117 cm³/mol. The van der Waals surface area contributed by atoms with Crippen LogP contribution in [-0.4, -0.2) is 61.4 Å². The van der Waals surface area contributed by atoms with Crippen LogP contribution in [0.15, 0.2) is 46.9 Å². The van der Waals surface area contributed by atoms with Gasteiger partial charge < -0.3 is 15.0 Å². The van der Waals surface area contributed by atoms with Gasteiger partial charge in [-0.2, -0.15) is 0 Å². The number of halogens is 1. The molecule has 29 heavy (non-hydrogen) atoms. The number of piperazine rings is 1. The van der Waals surface area contributed by atoms with Crippen molar-refractivity contribution in [3.63, 3.8) is 0 Å². The van der Waals surface area contributed by atoms with Gasteiger partial charge in [0, 0.05) is 36.3 Å². The molecule has 1 saturated heterocycles. The predicted octanol–water partition coefficient (Wildman–Crippen LogP) is 3.09. The van der Waals surface area contributed by atoms with E-state index in [9.17, 15) is 9.59 Å².